The number of nitrogens with zero attached hydrogens (tertiary/aromatic N) is 3. The highest BCUT2D eigenvalue weighted by Crippen LogP contribution is 2.33. The number of piperazine rings is 1. The van der Waals surface area contributed by atoms with Gasteiger partial charge in [-0.3, -0.25) is 9.69 Å². The standard InChI is InChI=1S/C21H23FN4O2/c1-24-13-19(27)26(18-5-3-2-4-6-18)15-21(24)11-12-25(14-21)20(28)23-17-9-7-16(22)8-10-17/h2-10H,11-15H2,1H3,(H,23,28)/t21-/m1/s1. The summed E-state index contributed by atoms with van der Waals surface area (Å²) < 4.78 is 13.1. The number of hydrogen-bond donors (Lipinski definition) is 1. The number of carbonyl (C=O) groups excluding carboxylic acids is 2. The fraction of sp³-hybridized carbons (Fsp3) is 0.333. The number of carbonyl (C=O) groups is 2. The maximum atomic E-state index is 13.1. The van der Waals surface area contributed by atoms with Gasteiger partial charge in [0.05, 0.1) is 12.1 Å². The molecule has 2 aromatic carbocycles. The zero-order valence-corrected chi connectivity index (χ0v) is 15.8. The molecule has 0 aliphatic carbocycles. The van der Waals surface area contributed by atoms with E-state index in [9.17, 15) is 14.0 Å². The molecule has 0 unspecified atom stereocenters. The summed E-state index contributed by atoms with van der Waals surface area (Å²) in [5, 5.41) is 2.82. The molecular weight excluding hydrogens is 359 g/mol. The number of benzene rings is 2. The monoisotopic (exact) mass is 382 g/mol. The quantitative estimate of drug-likeness (QED) is 0.869. The van der Waals surface area contributed by atoms with Gasteiger partial charge in [0.25, 0.3) is 0 Å². The summed E-state index contributed by atoms with van der Waals surface area (Å²) in [5.41, 5.74) is 1.17. The van der Waals surface area contributed by atoms with E-state index in [-0.39, 0.29) is 23.3 Å². The number of nitrogens with one attached hydrogen (secondary N) is 1. The van der Waals surface area contributed by atoms with E-state index < -0.39 is 0 Å². The van der Waals surface area contributed by atoms with Crippen molar-refractivity contribution in [2.24, 2.45) is 0 Å². The summed E-state index contributed by atoms with van der Waals surface area (Å²) in [7, 11) is 1.95. The Morgan fingerprint density at radius 1 is 1.07 bits per heavy atom. The molecule has 2 aliphatic rings. The lowest BCUT2D eigenvalue weighted by molar-refractivity contribution is -0.123. The average molecular weight is 382 g/mol. The minimum Gasteiger partial charge on any atom is -0.323 e. The van der Waals surface area contributed by atoms with Gasteiger partial charge >= 0.3 is 6.03 Å². The van der Waals surface area contributed by atoms with Gasteiger partial charge in [-0.25, -0.2) is 9.18 Å². The zero-order chi connectivity index (χ0) is 19.7. The molecule has 1 spiro atoms. The third-order valence-electron chi connectivity index (χ3n) is 5.72. The van der Waals surface area contributed by atoms with Crippen molar-refractivity contribution in [1.29, 1.82) is 0 Å². The Labute approximate surface area is 163 Å². The van der Waals surface area contributed by atoms with Crippen LogP contribution in [0.4, 0.5) is 20.6 Å². The highest BCUT2D eigenvalue weighted by Gasteiger charge is 2.48. The van der Waals surface area contributed by atoms with Crippen molar-refractivity contribution in [3.05, 3.63) is 60.4 Å². The SMILES string of the molecule is CN1CC(=O)N(c2ccccc2)C[C@]12CCN(C(=O)Nc1ccc(F)cc1)C2. The Bertz CT molecular complexity index is 874. The van der Waals surface area contributed by atoms with Crippen LogP contribution >= 0.6 is 0 Å². The molecule has 0 saturated carbocycles. The lowest BCUT2D eigenvalue weighted by Gasteiger charge is -2.46. The molecule has 2 aliphatic heterocycles. The number of halogens is 1. The normalized spacial score (nSPS) is 22.7. The van der Waals surface area contributed by atoms with Crippen LogP contribution in [0.1, 0.15) is 6.42 Å². The molecule has 28 heavy (non-hydrogen) atoms. The highest BCUT2D eigenvalue weighted by molar-refractivity contribution is 5.96. The van der Waals surface area contributed by atoms with E-state index in [1.807, 2.05) is 42.3 Å². The van der Waals surface area contributed by atoms with E-state index in [2.05, 4.69) is 10.2 Å². The maximum Gasteiger partial charge on any atom is 0.321 e. The Morgan fingerprint density at radius 3 is 2.50 bits per heavy atom. The van der Waals surface area contributed by atoms with Gasteiger partial charge in [-0.2, -0.15) is 0 Å². The summed E-state index contributed by atoms with van der Waals surface area (Å²) in [5.74, 6) is -0.277. The number of amides is 3. The van der Waals surface area contributed by atoms with Crippen molar-refractivity contribution in [3.8, 4) is 0 Å². The lowest BCUT2D eigenvalue weighted by Crippen LogP contribution is -2.64. The second-order valence-corrected chi connectivity index (χ2v) is 7.50. The average Bonchev–Trinajstić information content (AvgIpc) is 3.13. The van der Waals surface area contributed by atoms with Crippen LogP contribution in [0.25, 0.3) is 0 Å². The first-order chi connectivity index (χ1) is 13.5. The van der Waals surface area contributed by atoms with Crippen molar-refractivity contribution in [3.63, 3.8) is 0 Å². The van der Waals surface area contributed by atoms with Gasteiger partial charge in [0.1, 0.15) is 5.82 Å². The Hall–Kier alpha value is -2.93. The third kappa shape index (κ3) is 3.45. The molecule has 1 atom stereocenters. The summed E-state index contributed by atoms with van der Waals surface area (Å²) in [6, 6.07) is 15.2. The van der Waals surface area contributed by atoms with Crippen molar-refractivity contribution in [1.82, 2.24) is 9.80 Å². The number of hydrogen-bond acceptors (Lipinski definition) is 3. The maximum absolute atomic E-state index is 13.1. The molecule has 2 heterocycles. The first-order valence-electron chi connectivity index (χ1n) is 9.35. The first-order valence-corrected chi connectivity index (χ1v) is 9.35. The van der Waals surface area contributed by atoms with Crippen molar-refractivity contribution in [2.75, 3.05) is 43.4 Å². The van der Waals surface area contributed by atoms with Crippen LogP contribution in [0.2, 0.25) is 0 Å². The van der Waals surface area contributed by atoms with Crippen molar-refractivity contribution in [2.45, 2.75) is 12.0 Å². The summed E-state index contributed by atoms with van der Waals surface area (Å²) in [4.78, 5) is 30.9. The number of anilines is 2. The minimum atomic E-state index is -0.340. The Kier molecular flexibility index (Phi) is 4.77. The fourth-order valence-electron chi connectivity index (χ4n) is 4.01. The van der Waals surface area contributed by atoms with E-state index in [4.69, 9.17) is 0 Å². The number of urea groups is 1. The molecule has 0 bridgehead atoms. The van der Waals surface area contributed by atoms with Crippen LogP contribution in [-0.4, -0.2) is 60.5 Å². The van der Waals surface area contributed by atoms with Crippen LogP contribution in [0.5, 0.6) is 0 Å². The minimum absolute atomic E-state index is 0.0635. The van der Waals surface area contributed by atoms with Crippen LogP contribution in [0, 0.1) is 5.82 Å². The first kappa shape index (κ1) is 18.4. The number of para-hydroxylation sites is 1. The van der Waals surface area contributed by atoms with E-state index >= 15 is 0 Å². The van der Waals surface area contributed by atoms with Gasteiger partial charge in [-0.05, 0) is 49.9 Å². The van der Waals surface area contributed by atoms with E-state index in [0.717, 1.165) is 12.1 Å². The van der Waals surface area contributed by atoms with Crippen LogP contribution in [0.15, 0.2) is 54.6 Å². The largest absolute Gasteiger partial charge is 0.323 e. The second kappa shape index (κ2) is 7.24. The number of rotatable bonds is 2. The predicted octanol–water partition coefficient (Wildman–Crippen LogP) is 2.78. The molecule has 2 saturated heterocycles. The topological polar surface area (TPSA) is 55.9 Å². The van der Waals surface area contributed by atoms with Gasteiger partial charge < -0.3 is 15.1 Å². The van der Waals surface area contributed by atoms with Crippen molar-refractivity contribution >= 4 is 23.3 Å². The molecule has 2 fully saturated rings. The Balaban J connectivity index is 1.48. The predicted molar refractivity (Wildman–Crippen MR) is 106 cm³/mol. The lowest BCUT2D eigenvalue weighted by atomic mass is 9.92. The molecule has 0 radical (unpaired) electrons. The van der Waals surface area contributed by atoms with Crippen molar-refractivity contribution < 1.29 is 14.0 Å². The highest BCUT2D eigenvalue weighted by atomic mass is 19.1. The molecule has 6 nitrogen and oxygen atoms in total. The van der Waals surface area contributed by atoms with Crippen LogP contribution in [0.3, 0.4) is 0 Å². The summed E-state index contributed by atoms with van der Waals surface area (Å²) >= 11 is 0. The molecule has 4 rings (SSSR count). The molecule has 7 heteroatoms. The van der Waals surface area contributed by atoms with Crippen LogP contribution in [-0.2, 0) is 4.79 Å². The number of likely N-dealkylation sites (tertiary alicyclic amines) is 1. The summed E-state index contributed by atoms with van der Waals surface area (Å²) in [6.45, 7) is 2.01. The molecule has 146 valence electrons. The molecule has 0 aromatic heterocycles. The van der Waals surface area contributed by atoms with Gasteiger partial charge in [-0.1, -0.05) is 18.2 Å². The van der Waals surface area contributed by atoms with E-state index in [1.165, 1.54) is 12.1 Å². The van der Waals surface area contributed by atoms with Gasteiger partial charge in [0, 0.05) is 31.0 Å². The Morgan fingerprint density at radius 2 is 1.79 bits per heavy atom. The molecular formula is C21H23FN4O2. The number of likely N-dealkylation sites (N-methyl/N-ethyl adjacent to an activating group) is 1. The summed E-state index contributed by atoms with van der Waals surface area (Å²) in [6.07, 6.45) is 0.789. The fourth-order valence-corrected chi connectivity index (χ4v) is 4.01. The van der Waals surface area contributed by atoms with Crippen LogP contribution < -0.4 is 10.2 Å². The molecule has 1 N–H and O–H groups in total. The van der Waals surface area contributed by atoms with E-state index in [0.29, 0.717) is 31.9 Å². The van der Waals surface area contributed by atoms with E-state index in [1.54, 1.807) is 17.0 Å². The van der Waals surface area contributed by atoms with Gasteiger partial charge in [-0.15, -0.1) is 0 Å². The smallest absolute Gasteiger partial charge is 0.321 e. The molecule has 2 aromatic rings. The van der Waals surface area contributed by atoms with Gasteiger partial charge in [0.15, 0.2) is 0 Å². The third-order valence-corrected chi connectivity index (χ3v) is 5.72. The molecule has 3 amide bonds. The zero-order valence-electron chi connectivity index (χ0n) is 15.8. The second-order valence-electron chi connectivity index (χ2n) is 7.50. The van der Waals surface area contributed by atoms with Gasteiger partial charge in [0.2, 0.25) is 5.91 Å².